The molecule has 14 nitrogen and oxygen atoms in total. The first-order valence-corrected chi connectivity index (χ1v) is 15.8. The van der Waals surface area contributed by atoms with Crippen LogP contribution in [-0.4, -0.2) is 85.1 Å². The Labute approximate surface area is 277 Å². The van der Waals surface area contributed by atoms with E-state index in [1.165, 1.54) is 12.4 Å². The molecular formula is C28H40B3BrN6O8. The molecule has 0 unspecified atom stereocenters. The summed E-state index contributed by atoms with van der Waals surface area (Å²) in [5.41, 5.74) is 0.322. The van der Waals surface area contributed by atoms with Gasteiger partial charge in [0.2, 0.25) is 5.79 Å². The molecule has 3 fully saturated rings. The molecular weight excluding hydrogens is 661 g/mol. The Kier molecular flexibility index (Phi) is 9.02. The zero-order chi connectivity index (χ0) is 33.9. The molecule has 3 saturated heterocycles. The molecule has 18 heteroatoms. The molecule has 3 aliphatic heterocycles. The van der Waals surface area contributed by atoms with E-state index in [0.717, 1.165) is 0 Å². The van der Waals surface area contributed by atoms with Gasteiger partial charge in [-0.2, -0.15) is 20.4 Å². The second-order valence-corrected chi connectivity index (χ2v) is 15.0. The molecule has 4 aromatic rings. The maximum Gasteiger partial charge on any atom is 0.554 e. The molecule has 0 N–H and O–H groups in total. The molecule has 0 amide bonds. The van der Waals surface area contributed by atoms with Gasteiger partial charge in [-0.25, -0.2) is 9.97 Å². The second kappa shape index (κ2) is 11.9. The summed E-state index contributed by atoms with van der Waals surface area (Å²) < 4.78 is 46.2. The van der Waals surface area contributed by atoms with Crippen LogP contribution in [0.2, 0.25) is 0 Å². The molecule has 0 spiro atoms. The van der Waals surface area contributed by atoms with E-state index in [4.69, 9.17) is 36.8 Å². The van der Waals surface area contributed by atoms with Crippen molar-refractivity contribution in [2.45, 2.75) is 117 Å². The number of rotatable bonds is 2. The van der Waals surface area contributed by atoms with Crippen LogP contribution in [0.1, 0.15) is 83.1 Å². The summed E-state index contributed by atoms with van der Waals surface area (Å²) in [6, 6.07) is 0. The van der Waals surface area contributed by atoms with Crippen LogP contribution in [0.25, 0.3) is 22.2 Å². The lowest BCUT2D eigenvalue weighted by molar-refractivity contribution is 0.00578. The molecule has 0 saturated carbocycles. The van der Waals surface area contributed by atoms with E-state index in [0.29, 0.717) is 32.8 Å². The van der Waals surface area contributed by atoms with E-state index >= 15 is 0 Å². The van der Waals surface area contributed by atoms with E-state index in [-0.39, 0.29) is 22.4 Å². The van der Waals surface area contributed by atoms with E-state index in [1.54, 1.807) is 12.4 Å². The molecule has 7 rings (SSSR count). The van der Waals surface area contributed by atoms with Gasteiger partial charge < -0.3 is 36.8 Å². The van der Waals surface area contributed by atoms with Gasteiger partial charge in [0, 0.05) is 15.9 Å². The lowest BCUT2D eigenvalue weighted by atomic mass is 9.49. The van der Waals surface area contributed by atoms with E-state index < -0.39 is 32.3 Å². The van der Waals surface area contributed by atoms with Crippen LogP contribution >= 0.6 is 15.9 Å². The maximum absolute atomic E-state index is 5.96. The van der Waals surface area contributed by atoms with Crippen LogP contribution in [0, 0.1) is 0 Å². The van der Waals surface area contributed by atoms with Crippen LogP contribution < -0.4 is 5.79 Å². The summed E-state index contributed by atoms with van der Waals surface area (Å²) in [5, 5.41) is 14.8. The highest BCUT2D eigenvalue weighted by molar-refractivity contribution is 9.10. The first kappa shape index (κ1) is 34.9. The van der Waals surface area contributed by atoms with Crippen LogP contribution in [0.5, 0.6) is 0 Å². The first-order valence-electron chi connectivity index (χ1n) is 15.0. The van der Waals surface area contributed by atoms with Gasteiger partial charge in [-0.15, -0.1) is 0 Å². The fourth-order valence-electron chi connectivity index (χ4n) is 4.44. The predicted molar refractivity (Wildman–Crippen MR) is 175 cm³/mol. The Morgan fingerprint density at radius 3 is 1.22 bits per heavy atom. The van der Waals surface area contributed by atoms with Gasteiger partial charge in [-0.3, -0.25) is 0 Å². The number of fused-ring (bicyclic) bond motifs is 2. The minimum atomic E-state index is -0.595. The van der Waals surface area contributed by atoms with Gasteiger partial charge in [0.25, 0.3) is 4.80 Å². The summed E-state index contributed by atoms with van der Waals surface area (Å²) >= 11 is 3.09. The average Bonchev–Trinajstić information content (AvgIpc) is 3.68. The Bertz CT molecular complexity index is 1550. The number of aromatic nitrogens is 6. The van der Waals surface area contributed by atoms with E-state index in [1.807, 2.05) is 83.1 Å². The Morgan fingerprint density at radius 1 is 0.478 bits per heavy atom. The molecule has 0 bridgehead atoms. The highest BCUT2D eigenvalue weighted by atomic mass is 79.9. The van der Waals surface area contributed by atoms with Gasteiger partial charge in [-0.1, -0.05) is 0 Å². The van der Waals surface area contributed by atoms with Crippen LogP contribution in [0.4, 0.5) is 0 Å². The average molecular weight is 701 g/mol. The highest BCUT2D eigenvalue weighted by Gasteiger charge is 2.63. The third-order valence-corrected chi connectivity index (χ3v) is 9.76. The van der Waals surface area contributed by atoms with E-state index in [9.17, 15) is 0 Å². The molecule has 3 aliphatic rings. The molecule has 46 heavy (non-hydrogen) atoms. The Morgan fingerprint density at radius 2 is 0.826 bits per heavy atom. The van der Waals surface area contributed by atoms with Crippen molar-refractivity contribution in [3.05, 3.63) is 29.6 Å². The molecule has 4 aromatic heterocycles. The van der Waals surface area contributed by atoms with Crippen LogP contribution in [0.3, 0.4) is 0 Å². The summed E-state index contributed by atoms with van der Waals surface area (Å²) in [7, 11) is -1.55. The Hall–Kier alpha value is -2.47. The normalized spacial score (nSPS) is 23.3. The first-order chi connectivity index (χ1) is 21.1. The molecule has 0 aromatic carbocycles. The predicted octanol–water partition coefficient (Wildman–Crippen LogP) is 4.55. The fourth-order valence-corrected chi connectivity index (χ4v) is 4.80. The summed E-state index contributed by atoms with van der Waals surface area (Å²) in [5.74, 6) is 0.401. The summed E-state index contributed by atoms with van der Waals surface area (Å²) in [6.07, 6.45) is 6.14. The third kappa shape index (κ3) is 6.75. The van der Waals surface area contributed by atoms with Crippen molar-refractivity contribution >= 4 is 65.1 Å². The van der Waals surface area contributed by atoms with Crippen molar-refractivity contribution in [3.63, 3.8) is 0 Å². The largest absolute Gasteiger partial charge is 0.554 e. The zero-order valence-corrected chi connectivity index (χ0v) is 30.0. The fraction of sp³-hybridized carbons (Fsp3) is 0.643. The highest BCUT2D eigenvalue weighted by Crippen LogP contribution is 2.43. The minimum absolute atomic E-state index is 0.360. The van der Waals surface area contributed by atoms with Gasteiger partial charge in [0.05, 0.1) is 58.4 Å². The van der Waals surface area contributed by atoms with Crippen molar-refractivity contribution in [2.75, 3.05) is 0 Å². The standard InChI is InChI=1S/C12H24B2O4.C11H14BN3O3.C5H2BrN3O/c1-9(2)10(3,4)16-13(15-9)14-17-11(5,6)12(7,8)18-14;1-10(2)11(3,4)18-12(17-10)9-15-7-5-13-14-6-8(7)16-9;6-5-9-3-1-7-8-2-4(3)10-5/h1-8H3;5-6H,1-4H3;1-2H. The number of hydrogen-bond donors (Lipinski definition) is 0. The van der Waals surface area contributed by atoms with Crippen molar-refractivity contribution in [1.82, 2.24) is 30.4 Å². The SMILES string of the molecule is Brc1nc2cnncc2o1.CC1(C)OB(B2OC(C)(C)C(C)(C)O2)OC1(C)C.CC1(C)OB(c2nc3cnncc3o2)OC1(C)C. The van der Waals surface area contributed by atoms with E-state index in [2.05, 4.69) is 46.3 Å². The van der Waals surface area contributed by atoms with Crippen LogP contribution in [-0.2, 0) is 27.9 Å². The summed E-state index contributed by atoms with van der Waals surface area (Å²) in [6.45, 7) is 24.1. The lowest BCUT2D eigenvalue weighted by Crippen LogP contribution is -2.41. The van der Waals surface area contributed by atoms with Gasteiger partial charge >= 0.3 is 21.1 Å². The topological polar surface area (TPSA) is 159 Å². The second-order valence-electron chi connectivity index (χ2n) is 14.3. The Balaban J connectivity index is 0.000000142. The number of nitrogens with zero attached hydrogens (tertiary/aromatic N) is 6. The van der Waals surface area contributed by atoms with Gasteiger partial charge in [0.15, 0.2) is 11.2 Å². The van der Waals surface area contributed by atoms with Crippen molar-refractivity contribution in [2.24, 2.45) is 0 Å². The smallest absolute Gasteiger partial charge is 0.442 e. The monoisotopic (exact) mass is 700 g/mol. The zero-order valence-electron chi connectivity index (χ0n) is 28.4. The van der Waals surface area contributed by atoms with Gasteiger partial charge in [0.1, 0.15) is 11.0 Å². The van der Waals surface area contributed by atoms with Crippen LogP contribution in [0.15, 0.2) is 38.4 Å². The lowest BCUT2D eigenvalue weighted by Gasteiger charge is -2.32. The number of oxazole rings is 2. The molecule has 0 radical (unpaired) electrons. The summed E-state index contributed by atoms with van der Waals surface area (Å²) in [4.78, 5) is 8.72. The number of hydrogen-bond acceptors (Lipinski definition) is 14. The quantitative estimate of drug-likeness (QED) is 0.268. The number of halogens is 1. The molecule has 246 valence electrons. The minimum Gasteiger partial charge on any atom is -0.442 e. The van der Waals surface area contributed by atoms with Gasteiger partial charge in [-0.05, 0) is 83.1 Å². The molecule has 7 heterocycles. The molecule has 0 aliphatic carbocycles. The molecule has 0 atom stereocenters. The van der Waals surface area contributed by atoms with Crippen molar-refractivity contribution in [1.29, 1.82) is 0 Å². The van der Waals surface area contributed by atoms with Crippen molar-refractivity contribution < 1.29 is 36.8 Å². The third-order valence-electron chi connectivity index (χ3n) is 9.42. The van der Waals surface area contributed by atoms with Crippen molar-refractivity contribution in [3.8, 4) is 0 Å². The maximum atomic E-state index is 5.96.